The van der Waals surface area contributed by atoms with Crippen molar-refractivity contribution in [1.29, 1.82) is 0 Å². The normalized spacial score (nSPS) is 18.8. The Morgan fingerprint density at radius 3 is 2.63 bits per heavy atom. The first-order valence-corrected chi connectivity index (χ1v) is 10.0. The molecule has 1 saturated heterocycles. The van der Waals surface area contributed by atoms with Crippen LogP contribution in [0, 0.1) is 5.82 Å². The molecule has 2 aromatic rings. The molecule has 1 N–H and O–H groups in total. The Kier molecular flexibility index (Phi) is 7.18. The van der Waals surface area contributed by atoms with E-state index in [2.05, 4.69) is 5.32 Å². The van der Waals surface area contributed by atoms with Crippen molar-refractivity contribution in [2.45, 2.75) is 18.9 Å². The predicted octanol–water partition coefficient (Wildman–Crippen LogP) is 2.42. The van der Waals surface area contributed by atoms with Crippen LogP contribution in [0.3, 0.4) is 0 Å². The molecule has 1 heterocycles. The lowest BCUT2D eigenvalue weighted by atomic mass is 9.87. The summed E-state index contributed by atoms with van der Waals surface area (Å²) >= 11 is 0. The van der Waals surface area contributed by atoms with Gasteiger partial charge in [-0.1, -0.05) is 36.4 Å². The van der Waals surface area contributed by atoms with E-state index in [1.807, 2.05) is 31.2 Å². The number of hydrogen-bond donors (Lipinski definition) is 1. The Balaban J connectivity index is 1.96. The van der Waals surface area contributed by atoms with Crippen LogP contribution < -0.4 is 5.32 Å². The van der Waals surface area contributed by atoms with Gasteiger partial charge in [0.1, 0.15) is 12.4 Å². The number of nitrogens with one attached hydrogen (secondary N) is 1. The van der Waals surface area contributed by atoms with Crippen molar-refractivity contribution in [2.24, 2.45) is 0 Å². The molecule has 0 saturated carbocycles. The number of rotatable bonds is 7. The molecule has 0 bridgehead atoms. The van der Waals surface area contributed by atoms with Crippen molar-refractivity contribution < 1.29 is 23.5 Å². The maximum absolute atomic E-state index is 13.4. The van der Waals surface area contributed by atoms with Gasteiger partial charge in [-0.25, -0.2) is 4.39 Å². The molecule has 1 atom stereocenters. The minimum atomic E-state index is -1.21. The number of carbonyl (C=O) groups is 2. The molecule has 0 radical (unpaired) electrons. The van der Waals surface area contributed by atoms with Gasteiger partial charge in [-0.3, -0.25) is 9.59 Å². The van der Waals surface area contributed by atoms with Gasteiger partial charge in [0.05, 0.1) is 13.2 Å². The fourth-order valence-electron chi connectivity index (χ4n) is 3.75. The van der Waals surface area contributed by atoms with E-state index in [9.17, 15) is 14.0 Å². The van der Waals surface area contributed by atoms with E-state index >= 15 is 0 Å². The minimum absolute atomic E-state index is 0.0440. The van der Waals surface area contributed by atoms with Crippen LogP contribution in [-0.4, -0.2) is 62.3 Å². The minimum Gasteiger partial charge on any atom is -0.375 e. The smallest absolute Gasteiger partial charge is 0.254 e. The van der Waals surface area contributed by atoms with Gasteiger partial charge >= 0.3 is 0 Å². The van der Waals surface area contributed by atoms with E-state index in [-0.39, 0.29) is 43.8 Å². The zero-order valence-electron chi connectivity index (χ0n) is 17.3. The van der Waals surface area contributed by atoms with Crippen LogP contribution in [0.15, 0.2) is 48.5 Å². The van der Waals surface area contributed by atoms with E-state index in [1.165, 1.54) is 19.2 Å². The van der Waals surface area contributed by atoms with Gasteiger partial charge in [0.25, 0.3) is 5.91 Å². The Hall–Kier alpha value is -2.77. The number of ether oxygens (including phenoxy) is 2. The van der Waals surface area contributed by atoms with E-state index in [1.54, 1.807) is 17.0 Å². The summed E-state index contributed by atoms with van der Waals surface area (Å²) in [7, 11) is 1.47. The first kappa shape index (κ1) is 21.9. The van der Waals surface area contributed by atoms with Crippen LogP contribution in [0.1, 0.15) is 12.5 Å². The fourth-order valence-corrected chi connectivity index (χ4v) is 3.75. The number of amides is 2. The Labute approximate surface area is 176 Å². The highest BCUT2D eigenvalue weighted by Crippen LogP contribution is 2.30. The van der Waals surface area contributed by atoms with Crippen LogP contribution in [-0.2, 0) is 25.5 Å². The third kappa shape index (κ3) is 4.86. The SMILES string of the molecule is CCNC(=O)[C@]1(Cc2ccccc2-c2ccc(F)cc2)CN(C(=O)COC)CCO1. The number of nitrogens with zero attached hydrogens (tertiary/aromatic N) is 1. The van der Waals surface area contributed by atoms with Crippen molar-refractivity contribution in [1.82, 2.24) is 10.2 Å². The molecule has 6 nitrogen and oxygen atoms in total. The standard InChI is InChI=1S/C23H27FN2O4/c1-3-25-22(28)23(16-26(12-13-30-23)21(27)15-29-2)14-18-6-4-5-7-20(18)17-8-10-19(24)11-9-17/h4-11H,3,12-16H2,1-2H3,(H,25,28)/t23-/m0/s1. The number of carbonyl (C=O) groups excluding carboxylic acids is 2. The van der Waals surface area contributed by atoms with Crippen molar-refractivity contribution in [3.63, 3.8) is 0 Å². The number of methoxy groups -OCH3 is 1. The molecule has 3 rings (SSSR count). The van der Waals surface area contributed by atoms with Gasteiger partial charge in [0, 0.05) is 26.6 Å². The maximum Gasteiger partial charge on any atom is 0.254 e. The molecular formula is C23H27FN2O4. The number of halogens is 1. The van der Waals surface area contributed by atoms with Crippen molar-refractivity contribution in [2.75, 3.05) is 40.0 Å². The van der Waals surface area contributed by atoms with Crippen molar-refractivity contribution >= 4 is 11.8 Å². The topological polar surface area (TPSA) is 67.9 Å². The lowest BCUT2D eigenvalue weighted by Gasteiger charge is -2.42. The molecule has 7 heteroatoms. The van der Waals surface area contributed by atoms with Gasteiger partial charge < -0.3 is 19.7 Å². The first-order valence-electron chi connectivity index (χ1n) is 10.0. The highest BCUT2D eigenvalue weighted by atomic mass is 19.1. The van der Waals surface area contributed by atoms with Gasteiger partial charge in [-0.15, -0.1) is 0 Å². The van der Waals surface area contributed by atoms with Gasteiger partial charge in [0.15, 0.2) is 5.60 Å². The van der Waals surface area contributed by atoms with Crippen molar-refractivity contribution in [3.05, 3.63) is 59.9 Å². The fraction of sp³-hybridized carbons (Fsp3) is 0.391. The second-order valence-corrected chi connectivity index (χ2v) is 7.29. The van der Waals surface area contributed by atoms with Crippen LogP contribution >= 0.6 is 0 Å². The van der Waals surface area contributed by atoms with Crippen LogP contribution in [0.5, 0.6) is 0 Å². The summed E-state index contributed by atoms with van der Waals surface area (Å²) < 4.78 is 24.4. The lowest BCUT2D eigenvalue weighted by molar-refractivity contribution is -0.167. The van der Waals surface area contributed by atoms with Crippen LogP contribution in [0.25, 0.3) is 11.1 Å². The summed E-state index contributed by atoms with van der Waals surface area (Å²) in [6.45, 7) is 3.05. The van der Waals surface area contributed by atoms with E-state index in [4.69, 9.17) is 9.47 Å². The highest BCUT2D eigenvalue weighted by Gasteiger charge is 2.45. The second kappa shape index (κ2) is 9.82. The summed E-state index contributed by atoms with van der Waals surface area (Å²) in [4.78, 5) is 27.1. The zero-order valence-corrected chi connectivity index (χ0v) is 17.3. The summed E-state index contributed by atoms with van der Waals surface area (Å²) in [6, 6.07) is 13.9. The first-order chi connectivity index (χ1) is 14.5. The Morgan fingerprint density at radius 2 is 1.93 bits per heavy atom. The van der Waals surface area contributed by atoms with E-state index < -0.39 is 5.60 Å². The Bertz CT molecular complexity index is 887. The third-order valence-corrected chi connectivity index (χ3v) is 5.21. The molecule has 0 aromatic heterocycles. The summed E-state index contributed by atoms with van der Waals surface area (Å²) in [6.07, 6.45) is 0.281. The molecule has 0 spiro atoms. The molecule has 160 valence electrons. The number of benzene rings is 2. The number of likely N-dealkylation sites (N-methyl/N-ethyl adjacent to an activating group) is 1. The molecule has 0 aliphatic carbocycles. The average molecular weight is 414 g/mol. The molecule has 1 aliphatic heterocycles. The van der Waals surface area contributed by atoms with Crippen LogP contribution in [0.4, 0.5) is 4.39 Å². The Morgan fingerprint density at radius 1 is 1.20 bits per heavy atom. The van der Waals surface area contributed by atoms with Crippen LogP contribution in [0.2, 0.25) is 0 Å². The van der Waals surface area contributed by atoms with Gasteiger partial charge in [-0.2, -0.15) is 0 Å². The lowest BCUT2D eigenvalue weighted by Crippen LogP contribution is -2.62. The molecule has 0 unspecified atom stereocenters. The number of morpholine rings is 1. The predicted molar refractivity (Wildman–Crippen MR) is 111 cm³/mol. The molecule has 2 amide bonds. The largest absolute Gasteiger partial charge is 0.375 e. The highest BCUT2D eigenvalue weighted by molar-refractivity contribution is 5.88. The number of hydrogen-bond acceptors (Lipinski definition) is 4. The van der Waals surface area contributed by atoms with E-state index in [0.29, 0.717) is 13.1 Å². The monoisotopic (exact) mass is 414 g/mol. The average Bonchev–Trinajstić information content (AvgIpc) is 2.75. The molecule has 1 aliphatic rings. The molecule has 30 heavy (non-hydrogen) atoms. The maximum atomic E-state index is 13.4. The summed E-state index contributed by atoms with van der Waals surface area (Å²) in [5, 5.41) is 2.85. The quantitative estimate of drug-likeness (QED) is 0.756. The summed E-state index contributed by atoms with van der Waals surface area (Å²) in [5.74, 6) is -0.743. The molecule has 1 fully saturated rings. The van der Waals surface area contributed by atoms with Crippen molar-refractivity contribution in [3.8, 4) is 11.1 Å². The van der Waals surface area contributed by atoms with Gasteiger partial charge in [0.2, 0.25) is 5.91 Å². The van der Waals surface area contributed by atoms with Gasteiger partial charge in [-0.05, 0) is 35.7 Å². The van der Waals surface area contributed by atoms with E-state index in [0.717, 1.165) is 16.7 Å². The second-order valence-electron chi connectivity index (χ2n) is 7.29. The molecule has 2 aromatic carbocycles. The zero-order chi connectivity index (χ0) is 21.6. The summed E-state index contributed by atoms with van der Waals surface area (Å²) in [5.41, 5.74) is 1.41. The molecular weight excluding hydrogens is 387 g/mol. The third-order valence-electron chi connectivity index (χ3n) is 5.21.